The predicted molar refractivity (Wildman–Crippen MR) is 92.5 cm³/mol. The lowest BCUT2D eigenvalue weighted by Gasteiger charge is -2.29. The molecule has 1 saturated heterocycles. The third-order valence-corrected chi connectivity index (χ3v) is 5.94. The van der Waals surface area contributed by atoms with E-state index in [1.165, 1.54) is 12.8 Å². The number of carbonyl (C=O) groups excluding carboxylic acids is 2. The van der Waals surface area contributed by atoms with Crippen molar-refractivity contribution in [1.29, 1.82) is 0 Å². The van der Waals surface area contributed by atoms with Gasteiger partial charge in [-0.15, -0.1) is 0 Å². The lowest BCUT2D eigenvalue weighted by molar-refractivity contribution is -0.136. The molecule has 0 spiro atoms. The fraction of sp³-hybridized carbons (Fsp3) is 0.684. The summed E-state index contributed by atoms with van der Waals surface area (Å²) in [6, 6.07) is 0.0317. The Labute approximate surface area is 148 Å². The molecule has 3 aliphatic rings. The van der Waals surface area contributed by atoms with E-state index in [-0.39, 0.29) is 17.9 Å². The van der Waals surface area contributed by atoms with Crippen LogP contribution in [0.5, 0.6) is 0 Å². The summed E-state index contributed by atoms with van der Waals surface area (Å²) in [5.41, 5.74) is 2.08. The molecule has 1 aromatic rings. The normalized spacial score (nSPS) is 23.8. The molecule has 134 valence electrons. The molecule has 1 saturated carbocycles. The molecule has 25 heavy (non-hydrogen) atoms. The smallest absolute Gasteiger partial charge is 0.226 e. The topological polar surface area (TPSA) is 66.4 Å². The van der Waals surface area contributed by atoms with Crippen LogP contribution in [0.2, 0.25) is 0 Å². The second kappa shape index (κ2) is 6.73. The summed E-state index contributed by atoms with van der Waals surface area (Å²) in [6.07, 6.45) is 9.05. The van der Waals surface area contributed by atoms with Crippen LogP contribution in [0.15, 0.2) is 6.20 Å². The van der Waals surface area contributed by atoms with Crippen molar-refractivity contribution in [3.8, 4) is 0 Å². The zero-order valence-electron chi connectivity index (χ0n) is 14.9. The standard InChI is InChI=1S/C19H26N4O2/c1-13(24)22-10-8-16-15(12-22)11-20-18(21-16)17-7-4-9-23(17)19(25)14-5-2-3-6-14/h11,14,17H,2-10,12H2,1H3/t17-/m0/s1. The van der Waals surface area contributed by atoms with Gasteiger partial charge >= 0.3 is 0 Å². The summed E-state index contributed by atoms with van der Waals surface area (Å²) in [4.78, 5) is 37.7. The molecule has 1 atom stereocenters. The van der Waals surface area contributed by atoms with Gasteiger partial charge in [-0.1, -0.05) is 12.8 Å². The molecule has 0 bridgehead atoms. The van der Waals surface area contributed by atoms with Crippen LogP contribution in [0, 0.1) is 5.92 Å². The Morgan fingerprint density at radius 3 is 2.68 bits per heavy atom. The van der Waals surface area contributed by atoms with Crippen molar-refractivity contribution in [2.45, 2.75) is 64.5 Å². The Morgan fingerprint density at radius 2 is 1.92 bits per heavy atom. The van der Waals surface area contributed by atoms with Gasteiger partial charge in [-0.2, -0.15) is 0 Å². The number of hydrogen-bond acceptors (Lipinski definition) is 4. The Bertz CT molecular complexity index is 684. The van der Waals surface area contributed by atoms with E-state index in [9.17, 15) is 9.59 Å². The summed E-state index contributed by atoms with van der Waals surface area (Å²) in [5.74, 6) is 1.41. The van der Waals surface area contributed by atoms with Gasteiger partial charge in [0.2, 0.25) is 11.8 Å². The number of fused-ring (bicyclic) bond motifs is 1. The number of carbonyl (C=O) groups is 2. The van der Waals surface area contributed by atoms with Crippen LogP contribution in [0.1, 0.15) is 68.6 Å². The third kappa shape index (κ3) is 3.14. The molecule has 6 nitrogen and oxygen atoms in total. The van der Waals surface area contributed by atoms with E-state index < -0.39 is 0 Å². The molecule has 1 aliphatic carbocycles. The van der Waals surface area contributed by atoms with Gasteiger partial charge in [0.15, 0.2) is 5.82 Å². The first kappa shape index (κ1) is 16.5. The highest BCUT2D eigenvalue weighted by atomic mass is 16.2. The van der Waals surface area contributed by atoms with Crippen molar-refractivity contribution >= 4 is 11.8 Å². The fourth-order valence-electron chi connectivity index (χ4n) is 4.47. The maximum Gasteiger partial charge on any atom is 0.226 e. The second-order valence-corrected chi connectivity index (χ2v) is 7.56. The van der Waals surface area contributed by atoms with Gasteiger partial charge in [0, 0.05) is 50.7 Å². The van der Waals surface area contributed by atoms with E-state index in [0.717, 1.165) is 55.7 Å². The molecule has 1 aromatic heterocycles. The van der Waals surface area contributed by atoms with E-state index in [1.807, 2.05) is 16.0 Å². The molecule has 0 radical (unpaired) electrons. The van der Waals surface area contributed by atoms with Gasteiger partial charge in [-0.05, 0) is 25.7 Å². The lowest BCUT2D eigenvalue weighted by atomic mass is 10.0. The number of rotatable bonds is 2. The molecule has 2 amide bonds. The molecule has 0 N–H and O–H groups in total. The highest BCUT2D eigenvalue weighted by Gasteiger charge is 2.36. The quantitative estimate of drug-likeness (QED) is 0.827. The molecule has 0 aromatic carbocycles. The zero-order valence-corrected chi connectivity index (χ0v) is 14.9. The second-order valence-electron chi connectivity index (χ2n) is 7.56. The molecular weight excluding hydrogens is 316 g/mol. The maximum absolute atomic E-state index is 12.9. The Balaban J connectivity index is 1.53. The van der Waals surface area contributed by atoms with Crippen LogP contribution in [-0.4, -0.2) is 44.7 Å². The zero-order chi connectivity index (χ0) is 17.4. The van der Waals surface area contributed by atoms with Gasteiger partial charge in [0.1, 0.15) is 0 Å². The monoisotopic (exact) mass is 342 g/mol. The van der Waals surface area contributed by atoms with Crippen molar-refractivity contribution in [2.24, 2.45) is 5.92 Å². The number of aromatic nitrogens is 2. The number of hydrogen-bond donors (Lipinski definition) is 0. The minimum absolute atomic E-state index is 0.0317. The summed E-state index contributed by atoms with van der Waals surface area (Å²) in [7, 11) is 0. The summed E-state index contributed by atoms with van der Waals surface area (Å²) in [5, 5.41) is 0. The highest BCUT2D eigenvalue weighted by Crippen LogP contribution is 2.35. The first-order valence-electron chi connectivity index (χ1n) is 9.54. The molecule has 2 aliphatic heterocycles. The van der Waals surface area contributed by atoms with E-state index >= 15 is 0 Å². The molecule has 6 heteroatoms. The van der Waals surface area contributed by atoms with Crippen molar-refractivity contribution in [3.05, 3.63) is 23.3 Å². The predicted octanol–water partition coefficient (Wildman–Crippen LogP) is 2.23. The Morgan fingerprint density at radius 1 is 1.12 bits per heavy atom. The van der Waals surface area contributed by atoms with Crippen molar-refractivity contribution in [3.63, 3.8) is 0 Å². The van der Waals surface area contributed by atoms with E-state index in [1.54, 1.807) is 6.92 Å². The number of nitrogens with zero attached hydrogens (tertiary/aromatic N) is 4. The summed E-state index contributed by atoms with van der Waals surface area (Å²) >= 11 is 0. The van der Waals surface area contributed by atoms with Gasteiger partial charge in [0.25, 0.3) is 0 Å². The van der Waals surface area contributed by atoms with E-state index in [0.29, 0.717) is 19.0 Å². The van der Waals surface area contributed by atoms with Crippen LogP contribution >= 0.6 is 0 Å². The average molecular weight is 342 g/mol. The molecule has 3 heterocycles. The highest BCUT2D eigenvalue weighted by molar-refractivity contribution is 5.79. The Kier molecular flexibility index (Phi) is 4.44. The molecule has 4 rings (SSSR count). The molecule has 0 unspecified atom stereocenters. The minimum Gasteiger partial charge on any atom is -0.338 e. The van der Waals surface area contributed by atoms with Crippen LogP contribution < -0.4 is 0 Å². The number of likely N-dealkylation sites (tertiary alicyclic amines) is 1. The van der Waals surface area contributed by atoms with E-state index in [2.05, 4.69) is 4.98 Å². The van der Waals surface area contributed by atoms with Crippen LogP contribution in [-0.2, 0) is 22.6 Å². The third-order valence-electron chi connectivity index (χ3n) is 5.94. The summed E-state index contributed by atoms with van der Waals surface area (Å²) < 4.78 is 0. The van der Waals surface area contributed by atoms with Crippen molar-refractivity contribution in [2.75, 3.05) is 13.1 Å². The van der Waals surface area contributed by atoms with Gasteiger partial charge < -0.3 is 9.80 Å². The van der Waals surface area contributed by atoms with E-state index in [4.69, 9.17) is 4.98 Å². The summed E-state index contributed by atoms with van der Waals surface area (Å²) in [6.45, 7) is 3.75. The average Bonchev–Trinajstić information content (AvgIpc) is 3.31. The van der Waals surface area contributed by atoms with Crippen LogP contribution in [0.4, 0.5) is 0 Å². The van der Waals surface area contributed by atoms with Crippen LogP contribution in [0.25, 0.3) is 0 Å². The first-order chi connectivity index (χ1) is 12.1. The van der Waals surface area contributed by atoms with Gasteiger partial charge in [-0.25, -0.2) is 9.97 Å². The largest absolute Gasteiger partial charge is 0.338 e. The van der Waals surface area contributed by atoms with Crippen LogP contribution in [0.3, 0.4) is 0 Å². The molecular formula is C19H26N4O2. The Hall–Kier alpha value is -1.98. The van der Waals surface area contributed by atoms with Crippen molar-refractivity contribution in [1.82, 2.24) is 19.8 Å². The minimum atomic E-state index is 0.0317. The fourth-order valence-corrected chi connectivity index (χ4v) is 4.47. The first-order valence-corrected chi connectivity index (χ1v) is 9.54. The lowest BCUT2D eigenvalue weighted by Crippen LogP contribution is -2.37. The molecule has 2 fully saturated rings. The SMILES string of the molecule is CC(=O)N1CCc2nc([C@@H]3CCCN3C(=O)C3CCCC3)ncc2C1. The van der Waals surface area contributed by atoms with Crippen molar-refractivity contribution < 1.29 is 9.59 Å². The van der Waals surface area contributed by atoms with Gasteiger partial charge in [-0.3, -0.25) is 9.59 Å². The maximum atomic E-state index is 12.9. The van der Waals surface area contributed by atoms with Gasteiger partial charge in [0.05, 0.1) is 11.7 Å². The number of amides is 2.